The minimum Gasteiger partial charge on any atom is -0.493 e. The fraction of sp³-hybridized carbons (Fsp3) is 0.385. The van der Waals surface area contributed by atoms with Crippen LogP contribution in [0.5, 0.6) is 11.5 Å². The van der Waals surface area contributed by atoms with Crippen molar-refractivity contribution in [1.82, 2.24) is 10.8 Å². The first kappa shape index (κ1) is 15.8. The number of ether oxygens (including phenoxy) is 2. The molecule has 1 aromatic rings. The number of likely N-dealkylation sites (N-methyl/N-ethyl adjacent to an activating group) is 1. The second kappa shape index (κ2) is 8.00. The van der Waals surface area contributed by atoms with Crippen LogP contribution in [0.15, 0.2) is 18.2 Å². The van der Waals surface area contributed by atoms with Crippen LogP contribution in [0.2, 0.25) is 0 Å². The molecule has 0 unspecified atom stereocenters. The highest BCUT2D eigenvalue weighted by Gasteiger charge is 2.09. The summed E-state index contributed by atoms with van der Waals surface area (Å²) in [6.07, 6.45) is 0.105. The summed E-state index contributed by atoms with van der Waals surface area (Å²) < 4.78 is 10.2. The molecule has 7 nitrogen and oxygen atoms in total. The lowest BCUT2D eigenvalue weighted by Gasteiger charge is -2.09. The van der Waals surface area contributed by atoms with E-state index in [1.807, 2.05) is 0 Å². The van der Waals surface area contributed by atoms with Crippen molar-refractivity contribution in [3.63, 3.8) is 0 Å². The Hall–Kier alpha value is -2.28. The van der Waals surface area contributed by atoms with Crippen molar-refractivity contribution in [2.45, 2.75) is 6.42 Å². The molecule has 0 aliphatic carbocycles. The third kappa shape index (κ3) is 4.77. The predicted octanol–water partition coefficient (Wildman–Crippen LogP) is 0.0401. The first-order chi connectivity index (χ1) is 9.60. The Morgan fingerprint density at radius 3 is 2.40 bits per heavy atom. The molecule has 0 bridgehead atoms. The summed E-state index contributed by atoms with van der Waals surface area (Å²) in [5.74, 6) is 0.453. The van der Waals surface area contributed by atoms with Crippen LogP contribution in [0.25, 0.3) is 0 Å². The maximum Gasteiger partial charge on any atom is 0.248 e. The van der Waals surface area contributed by atoms with Gasteiger partial charge in [-0.05, 0) is 17.7 Å². The number of carbonyl (C=O) groups is 2. The van der Waals surface area contributed by atoms with E-state index in [0.29, 0.717) is 11.5 Å². The summed E-state index contributed by atoms with van der Waals surface area (Å²) in [5.41, 5.74) is 2.93. The Bertz CT molecular complexity index is 476. The summed E-state index contributed by atoms with van der Waals surface area (Å²) >= 11 is 0. The second-order valence-electron chi connectivity index (χ2n) is 3.85. The average Bonchev–Trinajstić information content (AvgIpc) is 2.46. The van der Waals surface area contributed by atoms with Gasteiger partial charge < -0.3 is 14.8 Å². The lowest BCUT2D eigenvalue weighted by molar-refractivity contribution is -0.138. The molecule has 2 N–H and O–H groups in total. The van der Waals surface area contributed by atoms with E-state index in [9.17, 15) is 9.59 Å². The smallest absolute Gasteiger partial charge is 0.248 e. The fourth-order valence-corrected chi connectivity index (χ4v) is 1.47. The van der Waals surface area contributed by atoms with Crippen molar-refractivity contribution in [2.75, 3.05) is 27.9 Å². The fourth-order valence-electron chi connectivity index (χ4n) is 1.47. The molecular formula is C13H18N2O5. The SMILES string of the molecule is CNC(=O)CONC(=O)Cc1ccc(OC)c(OC)c1. The van der Waals surface area contributed by atoms with Gasteiger partial charge in [0.05, 0.1) is 20.6 Å². The quantitative estimate of drug-likeness (QED) is 0.690. The summed E-state index contributed by atoms with van der Waals surface area (Å²) in [6, 6.07) is 5.17. The van der Waals surface area contributed by atoms with E-state index < -0.39 is 0 Å². The second-order valence-corrected chi connectivity index (χ2v) is 3.85. The van der Waals surface area contributed by atoms with Gasteiger partial charge in [-0.1, -0.05) is 6.07 Å². The highest BCUT2D eigenvalue weighted by molar-refractivity contribution is 5.79. The molecular weight excluding hydrogens is 264 g/mol. The number of nitrogens with one attached hydrogen (secondary N) is 2. The molecule has 20 heavy (non-hydrogen) atoms. The van der Waals surface area contributed by atoms with Gasteiger partial charge in [0.2, 0.25) is 11.8 Å². The number of hydrogen-bond donors (Lipinski definition) is 2. The number of hydroxylamine groups is 1. The van der Waals surface area contributed by atoms with Crippen LogP contribution in [0.1, 0.15) is 5.56 Å². The Morgan fingerprint density at radius 1 is 1.10 bits per heavy atom. The molecule has 0 heterocycles. The summed E-state index contributed by atoms with van der Waals surface area (Å²) in [5, 5.41) is 2.37. The Balaban J connectivity index is 2.51. The highest BCUT2D eigenvalue weighted by atomic mass is 16.7. The zero-order valence-corrected chi connectivity index (χ0v) is 11.7. The Labute approximate surface area is 117 Å². The zero-order chi connectivity index (χ0) is 15.0. The van der Waals surface area contributed by atoms with Gasteiger partial charge in [0, 0.05) is 7.05 Å². The van der Waals surface area contributed by atoms with Gasteiger partial charge >= 0.3 is 0 Å². The van der Waals surface area contributed by atoms with Crippen LogP contribution in [0.3, 0.4) is 0 Å². The van der Waals surface area contributed by atoms with Gasteiger partial charge in [0.25, 0.3) is 0 Å². The molecule has 0 spiro atoms. The normalized spacial score (nSPS) is 9.75. The van der Waals surface area contributed by atoms with Crippen LogP contribution in [0, 0.1) is 0 Å². The highest BCUT2D eigenvalue weighted by Crippen LogP contribution is 2.27. The molecule has 0 aliphatic heterocycles. The van der Waals surface area contributed by atoms with Gasteiger partial charge in [0.1, 0.15) is 0 Å². The minimum absolute atomic E-state index is 0.105. The van der Waals surface area contributed by atoms with Crippen molar-refractivity contribution < 1.29 is 23.9 Å². The van der Waals surface area contributed by atoms with Crippen LogP contribution < -0.4 is 20.3 Å². The maximum absolute atomic E-state index is 11.6. The molecule has 0 atom stereocenters. The summed E-state index contributed by atoms with van der Waals surface area (Å²) in [7, 11) is 4.54. The van der Waals surface area contributed by atoms with E-state index >= 15 is 0 Å². The van der Waals surface area contributed by atoms with Crippen molar-refractivity contribution >= 4 is 11.8 Å². The van der Waals surface area contributed by atoms with Crippen LogP contribution in [0.4, 0.5) is 0 Å². The molecule has 0 aromatic heterocycles. The first-order valence-corrected chi connectivity index (χ1v) is 5.92. The van der Waals surface area contributed by atoms with Crippen molar-refractivity contribution in [1.29, 1.82) is 0 Å². The summed E-state index contributed by atoms with van der Waals surface area (Å²) in [6.45, 7) is -0.228. The van der Waals surface area contributed by atoms with E-state index in [0.717, 1.165) is 5.56 Å². The third-order valence-electron chi connectivity index (χ3n) is 2.48. The lowest BCUT2D eigenvalue weighted by Crippen LogP contribution is -2.31. The molecule has 0 saturated heterocycles. The van der Waals surface area contributed by atoms with Crippen molar-refractivity contribution in [3.05, 3.63) is 23.8 Å². The number of amides is 2. The standard InChI is InChI=1S/C13H18N2O5/c1-14-13(17)8-20-15-12(16)7-9-4-5-10(18-2)11(6-9)19-3/h4-6H,7-8H2,1-3H3,(H,14,17)(H,15,16). The van der Waals surface area contributed by atoms with E-state index in [1.165, 1.54) is 21.3 Å². The van der Waals surface area contributed by atoms with Crippen LogP contribution in [-0.4, -0.2) is 39.7 Å². The molecule has 7 heteroatoms. The van der Waals surface area contributed by atoms with Gasteiger partial charge in [-0.15, -0.1) is 0 Å². The van der Waals surface area contributed by atoms with E-state index in [2.05, 4.69) is 10.8 Å². The molecule has 1 rings (SSSR count). The van der Waals surface area contributed by atoms with E-state index in [4.69, 9.17) is 14.3 Å². The first-order valence-electron chi connectivity index (χ1n) is 5.92. The lowest BCUT2D eigenvalue weighted by atomic mass is 10.1. The maximum atomic E-state index is 11.6. The van der Waals surface area contributed by atoms with Gasteiger partial charge in [-0.25, -0.2) is 5.48 Å². The number of carbonyl (C=O) groups excluding carboxylic acids is 2. The molecule has 2 amide bonds. The topological polar surface area (TPSA) is 85.9 Å². The number of rotatable bonds is 7. The van der Waals surface area contributed by atoms with Crippen LogP contribution in [-0.2, 0) is 20.8 Å². The molecule has 1 aromatic carbocycles. The third-order valence-corrected chi connectivity index (χ3v) is 2.48. The molecule has 0 radical (unpaired) electrons. The molecule has 0 fully saturated rings. The zero-order valence-electron chi connectivity index (χ0n) is 11.7. The monoisotopic (exact) mass is 282 g/mol. The predicted molar refractivity (Wildman–Crippen MR) is 71.4 cm³/mol. The van der Waals surface area contributed by atoms with Gasteiger partial charge in [-0.3, -0.25) is 14.4 Å². The average molecular weight is 282 g/mol. The Kier molecular flexibility index (Phi) is 6.31. The number of methoxy groups -OCH3 is 2. The van der Waals surface area contributed by atoms with Crippen molar-refractivity contribution in [2.24, 2.45) is 0 Å². The van der Waals surface area contributed by atoms with E-state index in [1.54, 1.807) is 18.2 Å². The van der Waals surface area contributed by atoms with Gasteiger partial charge in [-0.2, -0.15) is 0 Å². The Morgan fingerprint density at radius 2 is 1.80 bits per heavy atom. The van der Waals surface area contributed by atoms with E-state index in [-0.39, 0.29) is 24.8 Å². The van der Waals surface area contributed by atoms with Crippen molar-refractivity contribution in [3.8, 4) is 11.5 Å². The molecule has 0 aliphatic rings. The van der Waals surface area contributed by atoms with Gasteiger partial charge in [0.15, 0.2) is 18.1 Å². The summed E-state index contributed by atoms with van der Waals surface area (Å²) in [4.78, 5) is 27.2. The molecule has 0 saturated carbocycles. The molecule has 110 valence electrons. The van der Waals surface area contributed by atoms with Crippen LogP contribution >= 0.6 is 0 Å². The largest absolute Gasteiger partial charge is 0.493 e. The minimum atomic E-state index is -0.360. The number of hydrogen-bond acceptors (Lipinski definition) is 5. The number of benzene rings is 1.